The van der Waals surface area contributed by atoms with Crippen LogP contribution in [-0.4, -0.2) is 66.5 Å². The molecule has 2 saturated heterocycles. The average molecular weight is 509 g/mol. The van der Waals surface area contributed by atoms with Crippen LogP contribution in [0.3, 0.4) is 0 Å². The summed E-state index contributed by atoms with van der Waals surface area (Å²) in [5, 5.41) is 9.61. The maximum Gasteiger partial charge on any atom is 0.254 e. The summed E-state index contributed by atoms with van der Waals surface area (Å²) < 4.78 is 29.0. The van der Waals surface area contributed by atoms with Crippen LogP contribution < -0.4 is 10.1 Å². The number of likely N-dealkylation sites (tertiary alicyclic amines) is 1. The van der Waals surface area contributed by atoms with Crippen LogP contribution in [0.4, 0.5) is 0 Å². The molecule has 2 aliphatic rings. The van der Waals surface area contributed by atoms with E-state index in [1.54, 1.807) is 49.8 Å². The lowest BCUT2D eigenvalue weighted by atomic mass is 10.00. The lowest BCUT2D eigenvalue weighted by molar-refractivity contribution is 0.0735. The van der Waals surface area contributed by atoms with Crippen molar-refractivity contribution in [3.8, 4) is 16.9 Å². The summed E-state index contributed by atoms with van der Waals surface area (Å²) in [6.07, 6.45) is 5.55. The molecule has 9 nitrogen and oxygen atoms in total. The fraction of sp³-hybridized carbons (Fsp3) is 0.346. The summed E-state index contributed by atoms with van der Waals surface area (Å²) in [7, 11) is -1.51. The van der Waals surface area contributed by atoms with E-state index < -0.39 is 9.84 Å². The first-order valence-corrected chi connectivity index (χ1v) is 13.8. The monoisotopic (exact) mass is 508 g/mol. The van der Waals surface area contributed by atoms with Crippen molar-refractivity contribution in [2.45, 2.75) is 31.3 Å². The van der Waals surface area contributed by atoms with E-state index in [-0.39, 0.29) is 35.4 Å². The van der Waals surface area contributed by atoms with Gasteiger partial charge in [-0.2, -0.15) is 5.10 Å². The molecule has 2 aromatic carbocycles. The number of sulfone groups is 1. The van der Waals surface area contributed by atoms with Gasteiger partial charge in [-0.05, 0) is 55.2 Å². The van der Waals surface area contributed by atoms with Gasteiger partial charge in [0.05, 0.1) is 30.9 Å². The Morgan fingerprint density at radius 1 is 1.14 bits per heavy atom. The lowest BCUT2D eigenvalue weighted by Crippen LogP contribution is -2.35. The number of H-pyrrole nitrogens is 1. The highest BCUT2D eigenvalue weighted by Crippen LogP contribution is 2.35. The van der Waals surface area contributed by atoms with Gasteiger partial charge in [-0.1, -0.05) is 12.1 Å². The molecular weight excluding hydrogens is 480 g/mol. The molecule has 2 fully saturated rings. The second-order valence-corrected chi connectivity index (χ2v) is 11.5. The minimum absolute atomic E-state index is 0.0216. The zero-order valence-corrected chi connectivity index (χ0v) is 20.8. The first kappa shape index (κ1) is 24.1. The molecule has 3 aromatic rings. The van der Waals surface area contributed by atoms with Crippen molar-refractivity contribution in [2.75, 3.05) is 25.2 Å². The van der Waals surface area contributed by atoms with E-state index in [9.17, 15) is 18.0 Å². The summed E-state index contributed by atoms with van der Waals surface area (Å²) in [5.74, 6) is 0.275. The first-order valence-electron chi connectivity index (χ1n) is 11.9. The molecule has 2 amide bonds. The molecule has 10 heteroatoms. The predicted molar refractivity (Wildman–Crippen MR) is 135 cm³/mol. The quantitative estimate of drug-likeness (QED) is 0.528. The molecule has 0 radical (unpaired) electrons. The molecule has 0 aliphatic carbocycles. The molecule has 36 heavy (non-hydrogen) atoms. The van der Waals surface area contributed by atoms with Crippen molar-refractivity contribution in [1.82, 2.24) is 20.4 Å². The number of aromatic amines is 1. The maximum absolute atomic E-state index is 13.5. The maximum atomic E-state index is 13.5. The van der Waals surface area contributed by atoms with E-state index in [2.05, 4.69) is 15.5 Å². The number of carbonyl (C=O) groups excluding carboxylic acids is 2. The predicted octanol–water partition coefficient (Wildman–Crippen LogP) is 2.98. The van der Waals surface area contributed by atoms with Gasteiger partial charge < -0.3 is 15.0 Å². The molecule has 3 heterocycles. The number of amides is 2. The number of ether oxygens (including phenoxy) is 1. The summed E-state index contributed by atoms with van der Waals surface area (Å²) in [6.45, 7) is 0.617. The number of rotatable bonds is 6. The number of carbonyl (C=O) groups is 2. The fourth-order valence-corrected chi connectivity index (χ4v) is 6.72. The Morgan fingerprint density at radius 3 is 2.72 bits per heavy atom. The Labute approximate surface area is 209 Å². The Kier molecular flexibility index (Phi) is 6.53. The van der Waals surface area contributed by atoms with Crippen LogP contribution in [0.15, 0.2) is 54.9 Å². The van der Waals surface area contributed by atoms with Crippen molar-refractivity contribution in [1.29, 1.82) is 0 Å². The standard InChI is InChI=1S/C26H28N4O5S/c1-35-24-13-19(7-8-22(24)20-14-27-28-15-20)26(32)30-10-3-6-23(30)17-4-2-5-18(12-17)25(31)29-21-9-11-36(33,34)16-21/h2,4-5,7-8,12-15,21,23H,3,6,9-11,16H2,1H3,(H,27,28)(H,29,31)/t21?,23-/m1/s1. The number of nitrogens with zero attached hydrogens (tertiary/aromatic N) is 2. The third-order valence-corrected chi connectivity index (χ3v) is 8.64. The van der Waals surface area contributed by atoms with E-state index in [1.807, 2.05) is 17.0 Å². The number of methoxy groups -OCH3 is 1. The number of hydrogen-bond donors (Lipinski definition) is 2. The minimum Gasteiger partial charge on any atom is -0.496 e. The third kappa shape index (κ3) is 4.86. The van der Waals surface area contributed by atoms with E-state index in [0.717, 1.165) is 29.5 Å². The Balaban J connectivity index is 1.34. The molecular formula is C26H28N4O5S. The van der Waals surface area contributed by atoms with Crippen LogP contribution in [0.25, 0.3) is 11.1 Å². The summed E-state index contributed by atoms with van der Waals surface area (Å²) >= 11 is 0. The molecule has 1 unspecified atom stereocenters. The SMILES string of the molecule is COc1cc(C(=O)N2CCC[C@@H]2c2cccc(C(=O)NC3CCS(=O)(=O)C3)c2)ccc1-c1cn[nH]c1. The largest absolute Gasteiger partial charge is 0.496 e. The van der Waals surface area contributed by atoms with Gasteiger partial charge in [-0.3, -0.25) is 14.7 Å². The van der Waals surface area contributed by atoms with Gasteiger partial charge in [0.2, 0.25) is 0 Å². The zero-order chi connectivity index (χ0) is 25.3. The molecule has 5 rings (SSSR count). The summed E-state index contributed by atoms with van der Waals surface area (Å²) in [6, 6.07) is 12.1. The van der Waals surface area contributed by atoms with E-state index in [0.29, 0.717) is 29.8 Å². The molecule has 188 valence electrons. The van der Waals surface area contributed by atoms with Gasteiger partial charge in [0, 0.05) is 41.0 Å². The summed E-state index contributed by atoms with van der Waals surface area (Å²) in [5.41, 5.74) is 3.59. The van der Waals surface area contributed by atoms with Crippen LogP contribution in [0.1, 0.15) is 51.6 Å². The summed E-state index contributed by atoms with van der Waals surface area (Å²) in [4.78, 5) is 28.2. The van der Waals surface area contributed by atoms with Crippen LogP contribution in [0.5, 0.6) is 5.75 Å². The van der Waals surface area contributed by atoms with Gasteiger partial charge >= 0.3 is 0 Å². The molecule has 0 saturated carbocycles. The smallest absolute Gasteiger partial charge is 0.254 e. The second kappa shape index (κ2) is 9.77. The fourth-order valence-electron chi connectivity index (χ4n) is 5.05. The first-order chi connectivity index (χ1) is 17.3. The van der Waals surface area contributed by atoms with Crippen LogP contribution in [-0.2, 0) is 9.84 Å². The lowest BCUT2D eigenvalue weighted by Gasteiger charge is -2.26. The number of benzene rings is 2. The van der Waals surface area contributed by atoms with Crippen molar-refractivity contribution >= 4 is 21.7 Å². The van der Waals surface area contributed by atoms with Crippen molar-refractivity contribution in [3.63, 3.8) is 0 Å². The second-order valence-electron chi connectivity index (χ2n) is 9.26. The van der Waals surface area contributed by atoms with Crippen LogP contribution in [0, 0.1) is 0 Å². The highest BCUT2D eigenvalue weighted by atomic mass is 32.2. The van der Waals surface area contributed by atoms with Gasteiger partial charge in [0.25, 0.3) is 11.8 Å². The van der Waals surface area contributed by atoms with E-state index in [4.69, 9.17) is 4.74 Å². The molecule has 2 aliphatic heterocycles. The number of nitrogens with one attached hydrogen (secondary N) is 2. The van der Waals surface area contributed by atoms with Crippen molar-refractivity contribution in [2.24, 2.45) is 0 Å². The normalized spacial score (nSPS) is 20.9. The van der Waals surface area contributed by atoms with Crippen LogP contribution in [0.2, 0.25) is 0 Å². The van der Waals surface area contributed by atoms with Gasteiger partial charge in [-0.25, -0.2) is 8.42 Å². The molecule has 1 aromatic heterocycles. The number of hydrogen-bond acceptors (Lipinski definition) is 6. The Bertz CT molecular complexity index is 1390. The van der Waals surface area contributed by atoms with E-state index in [1.165, 1.54) is 0 Å². The topological polar surface area (TPSA) is 121 Å². The van der Waals surface area contributed by atoms with E-state index >= 15 is 0 Å². The highest BCUT2D eigenvalue weighted by molar-refractivity contribution is 7.91. The molecule has 2 atom stereocenters. The molecule has 0 bridgehead atoms. The minimum atomic E-state index is -3.08. The van der Waals surface area contributed by atoms with Crippen LogP contribution >= 0.6 is 0 Å². The zero-order valence-electron chi connectivity index (χ0n) is 19.9. The van der Waals surface area contributed by atoms with Gasteiger partial charge in [-0.15, -0.1) is 0 Å². The molecule has 0 spiro atoms. The third-order valence-electron chi connectivity index (χ3n) is 6.87. The van der Waals surface area contributed by atoms with Crippen molar-refractivity contribution < 1.29 is 22.7 Å². The Hall–Kier alpha value is -3.66. The van der Waals surface area contributed by atoms with Gasteiger partial charge in [0.15, 0.2) is 9.84 Å². The Morgan fingerprint density at radius 2 is 2.00 bits per heavy atom. The average Bonchev–Trinajstić information content (AvgIpc) is 3.64. The van der Waals surface area contributed by atoms with Gasteiger partial charge in [0.1, 0.15) is 5.75 Å². The number of aromatic nitrogens is 2. The molecule has 2 N–H and O–H groups in total. The highest BCUT2D eigenvalue weighted by Gasteiger charge is 2.32. The van der Waals surface area contributed by atoms with Crippen molar-refractivity contribution in [3.05, 3.63) is 71.5 Å².